The topological polar surface area (TPSA) is 32.3 Å². The van der Waals surface area contributed by atoms with Gasteiger partial charge in [0.2, 0.25) is 5.91 Å². The third kappa shape index (κ3) is 4.43. The summed E-state index contributed by atoms with van der Waals surface area (Å²) in [5.41, 5.74) is 2.50. The van der Waals surface area contributed by atoms with Crippen LogP contribution in [0, 0.1) is 0 Å². The summed E-state index contributed by atoms with van der Waals surface area (Å²) in [5.74, 6) is 0.0808. The molecule has 27 heavy (non-hydrogen) atoms. The SMILES string of the molecule is O=C(CN1CCc2sccc2C1c1cccs1)NCCc1cccc(Cl)c1. The molecule has 1 unspecified atom stereocenters. The summed E-state index contributed by atoms with van der Waals surface area (Å²) in [6.45, 7) is 1.96. The Morgan fingerprint density at radius 1 is 1.19 bits per heavy atom. The summed E-state index contributed by atoms with van der Waals surface area (Å²) in [6.07, 6.45) is 1.81. The lowest BCUT2D eigenvalue weighted by atomic mass is 9.98. The monoisotopic (exact) mass is 416 g/mol. The zero-order valence-corrected chi connectivity index (χ0v) is 17.2. The van der Waals surface area contributed by atoms with Crippen LogP contribution in [0.2, 0.25) is 5.02 Å². The molecule has 3 nitrogen and oxygen atoms in total. The van der Waals surface area contributed by atoms with E-state index in [9.17, 15) is 4.79 Å². The highest BCUT2D eigenvalue weighted by atomic mass is 35.5. The lowest BCUT2D eigenvalue weighted by molar-refractivity contribution is -0.122. The van der Waals surface area contributed by atoms with Gasteiger partial charge in [0.15, 0.2) is 0 Å². The highest BCUT2D eigenvalue weighted by Crippen LogP contribution is 2.39. The Hall–Kier alpha value is -1.66. The Morgan fingerprint density at radius 2 is 2.11 bits per heavy atom. The summed E-state index contributed by atoms with van der Waals surface area (Å²) in [4.78, 5) is 17.6. The van der Waals surface area contributed by atoms with Gasteiger partial charge in [-0.3, -0.25) is 9.69 Å². The van der Waals surface area contributed by atoms with E-state index >= 15 is 0 Å². The van der Waals surface area contributed by atoms with Gasteiger partial charge in [-0.05, 0) is 59.0 Å². The van der Waals surface area contributed by atoms with Crippen LogP contribution in [0.15, 0.2) is 53.2 Å². The Kier molecular flexibility index (Phi) is 5.93. The molecule has 4 rings (SSSR count). The maximum absolute atomic E-state index is 12.6. The largest absolute Gasteiger partial charge is 0.355 e. The number of fused-ring (bicyclic) bond motifs is 1. The van der Waals surface area contributed by atoms with Crippen LogP contribution in [0.3, 0.4) is 0 Å². The molecular weight excluding hydrogens is 396 g/mol. The van der Waals surface area contributed by atoms with Crippen molar-refractivity contribution in [2.45, 2.75) is 18.9 Å². The molecule has 1 aliphatic rings. The number of amides is 1. The maximum atomic E-state index is 12.6. The highest BCUT2D eigenvalue weighted by Gasteiger charge is 2.31. The minimum absolute atomic E-state index is 0.0808. The lowest BCUT2D eigenvalue weighted by Crippen LogP contribution is -2.42. The molecule has 2 aromatic heterocycles. The molecule has 1 amide bonds. The van der Waals surface area contributed by atoms with Crippen molar-refractivity contribution in [1.82, 2.24) is 10.2 Å². The minimum atomic E-state index is 0.0808. The van der Waals surface area contributed by atoms with E-state index < -0.39 is 0 Å². The number of nitrogens with one attached hydrogen (secondary N) is 1. The second kappa shape index (κ2) is 8.57. The molecule has 3 heterocycles. The number of benzene rings is 1. The third-order valence-electron chi connectivity index (χ3n) is 4.85. The van der Waals surface area contributed by atoms with Crippen LogP contribution < -0.4 is 5.32 Å². The van der Waals surface area contributed by atoms with Crippen LogP contribution >= 0.6 is 34.3 Å². The van der Waals surface area contributed by atoms with Crippen molar-refractivity contribution in [1.29, 1.82) is 0 Å². The first-order valence-electron chi connectivity index (χ1n) is 9.05. The molecule has 0 saturated carbocycles. The van der Waals surface area contributed by atoms with Crippen molar-refractivity contribution in [3.8, 4) is 0 Å². The van der Waals surface area contributed by atoms with Crippen molar-refractivity contribution in [3.05, 3.63) is 79.1 Å². The Labute approximate surface area is 172 Å². The fraction of sp³-hybridized carbons (Fsp3) is 0.286. The first kappa shape index (κ1) is 18.7. The summed E-state index contributed by atoms with van der Waals surface area (Å²) < 4.78 is 0. The molecule has 6 heteroatoms. The zero-order chi connectivity index (χ0) is 18.6. The fourth-order valence-corrected chi connectivity index (χ4v) is 5.59. The molecule has 0 saturated heterocycles. The fourth-order valence-electron chi connectivity index (χ4n) is 3.60. The van der Waals surface area contributed by atoms with E-state index in [4.69, 9.17) is 11.6 Å². The number of halogens is 1. The molecule has 140 valence electrons. The van der Waals surface area contributed by atoms with Crippen LogP contribution in [-0.4, -0.2) is 30.4 Å². The second-order valence-electron chi connectivity index (χ2n) is 6.67. The molecule has 0 spiro atoms. The van der Waals surface area contributed by atoms with Crippen molar-refractivity contribution >= 4 is 40.2 Å². The molecule has 1 aromatic carbocycles. The standard InChI is InChI=1S/C21H21ClN2OS2/c22-16-4-1-3-15(13-16)6-9-23-20(25)14-24-10-7-18-17(8-12-27-18)21(24)19-5-2-11-26-19/h1-5,8,11-13,21H,6-7,9-10,14H2,(H,23,25). The summed E-state index contributed by atoms with van der Waals surface area (Å²) in [7, 11) is 0. The first-order chi connectivity index (χ1) is 13.2. The first-order valence-corrected chi connectivity index (χ1v) is 11.2. The van der Waals surface area contributed by atoms with Crippen molar-refractivity contribution in [2.75, 3.05) is 19.6 Å². The molecule has 0 bridgehead atoms. The number of carbonyl (C=O) groups excluding carboxylic acids is 1. The van der Waals surface area contributed by atoms with Gasteiger partial charge in [-0.1, -0.05) is 29.8 Å². The molecule has 1 atom stereocenters. The van der Waals surface area contributed by atoms with Crippen LogP contribution in [-0.2, 0) is 17.6 Å². The third-order valence-corrected chi connectivity index (χ3v) is 7.01. The molecule has 3 aromatic rings. The van der Waals surface area contributed by atoms with Gasteiger partial charge in [0.05, 0.1) is 12.6 Å². The van der Waals surface area contributed by atoms with Crippen LogP contribution in [0.25, 0.3) is 0 Å². The van der Waals surface area contributed by atoms with E-state index in [1.165, 1.54) is 15.3 Å². The van der Waals surface area contributed by atoms with Gasteiger partial charge in [-0.2, -0.15) is 0 Å². The van der Waals surface area contributed by atoms with E-state index in [-0.39, 0.29) is 11.9 Å². The molecular formula is C21H21ClN2OS2. The molecule has 0 aliphatic carbocycles. The molecule has 0 radical (unpaired) electrons. The number of thiophene rings is 2. The summed E-state index contributed by atoms with van der Waals surface area (Å²) >= 11 is 9.61. The maximum Gasteiger partial charge on any atom is 0.234 e. The van der Waals surface area contributed by atoms with Gasteiger partial charge < -0.3 is 5.32 Å². The van der Waals surface area contributed by atoms with E-state index in [2.05, 4.69) is 39.2 Å². The molecule has 0 fully saturated rings. The van der Waals surface area contributed by atoms with E-state index in [1.54, 1.807) is 11.3 Å². The normalized spacial score (nSPS) is 16.9. The zero-order valence-electron chi connectivity index (χ0n) is 14.9. The minimum Gasteiger partial charge on any atom is -0.355 e. The van der Waals surface area contributed by atoms with Crippen LogP contribution in [0.4, 0.5) is 0 Å². The predicted octanol–water partition coefficient (Wildman–Crippen LogP) is 4.77. The Morgan fingerprint density at radius 3 is 2.93 bits per heavy atom. The highest BCUT2D eigenvalue weighted by molar-refractivity contribution is 7.10. The smallest absolute Gasteiger partial charge is 0.234 e. The van der Waals surface area contributed by atoms with E-state index in [0.717, 1.165) is 30.0 Å². The van der Waals surface area contributed by atoms with Gasteiger partial charge >= 0.3 is 0 Å². The Bertz CT molecular complexity index is 907. The van der Waals surface area contributed by atoms with Gasteiger partial charge in [0.1, 0.15) is 0 Å². The average molecular weight is 417 g/mol. The summed E-state index contributed by atoms with van der Waals surface area (Å²) in [5, 5.41) is 8.07. The lowest BCUT2D eigenvalue weighted by Gasteiger charge is -2.34. The number of rotatable bonds is 6. The summed E-state index contributed by atoms with van der Waals surface area (Å²) in [6, 6.07) is 14.5. The second-order valence-corrected chi connectivity index (χ2v) is 9.08. The molecule has 1 N–H and O–H groups in total. The van der Waals surface area contributed by atoms with Crippen molar-refractivity contribution < 1.29 is 4.79 Å². The number of nitrogens with zero attached hydrogens (tertiary/aromatic N) is 1. The number of carbonyl (C=O) groups is 1. The van der Waals surface area contributed by atoms with E-state index in [0.29, 0.717) is 13.1 Å². The van der Waals surface area contributed by atoms with Gasteiger partial charge in [-0.15, -0.1) is 22.7 Å². The van der Waals surface area contributed by atoms with Gasteiger partial charge in [0.25, 0.3) is 0 Å². The van der Waals surface area contributed by atoms with Crippen molar-refractivity contribution in [2.24, 2.45) is 0 Å². The Balaban J connectivity index is 1.38. The average Bonchev–Trinajstić information content (AvgIpc) is 3.33. The molecule has 1 aliphatic heterocycles. The van der Waals surface area contributed by atoms with Gasteiger partial charge in [-0.25, -0.2) is 0 Å². The van der Waals surface area contributed by atoms with Crippen LogP contribution in [0.1, 0.15) is 26.9 Å². The number of hydrogen-bond donors (Lipinski definition) is 1. The van der Waals surface area contributed by atoms with E-state index in [1.807, 2.05) is 35.6 Å². The quantitative estimate of drug-likeness (QED) is 0.627. The van der Waals surface area contributed by atoms with Crippen molar-refractivity contribution in [3.63, 3.8) is 0 Å². The van der Waals surface area contributed by atoms with Gasteiger partial charge in [0, 0.05) is 27.9 Å². The predicted molar refractivity (Wildman–Crippen MR) is 114 cm³/mol. The van der Waals surface area contributed by atoms with Crippen LogP contribution in [0.5, 0.6) is 0 Å². The number of hydrogen-bond acceptors (Lipinski definition) is 4.